The molecule has 0 aromatic carbocycles. The highest BCUT2D eigenvalue weighted by Crippen LogP contribution is 2.39. The number of hydrogen-bond acceptors (Lipinski definition) is 2. The fourth-order valence-electron chi connectivity index (χ4n) is 1.94. The predicted molar refractivity (Wildman–Crippen MR) is 53.7 cm³/mol. The van der Waals surface area contributed by atoms with Crippen LogP contribution in [0.15, 0.2) is 0 Å². The second kappa shape index (κ2) is 2.96. The van der Waals surface area contributed by atoms with Gasteiger partial charge in [-0.3, -0.25) is 0 Å². The molecule has 1 N–H and O–H groups in total. The SMILES string of the molecule is CC1(CNC(C)(C)C2CC2)COC1. The highest BCUT2D eigenvalue weighted by molar-refractivity contribution is 4.96. The number of ether oxygens (including phenoxy) is 1. The summed E-state index contributed by atoms with van der Waals surface area (Å²) in [5.41, 5.74) is 0.755. The van der Waals surface area contributed by atoms with E-state index in [0.717, 1.165) is 25.7 Å². The standard InChI is InChI=1S/C11H21NO/c1-10(2,9-4-5-9)12-6-11(3)7-13-8-11/h9,12H,4-8H2,1-3H3. The molecule has 2 nitrogen and oxygen atoms in total. The van der Waals surface area contributed by atoms with Crippen molar-refractivity contribution in [1.29, 1.82) is 0 Å². The van der Waals surface area contributed by atoms with Gasteiger partial charge in [0.25, 0.3) is 0 Å². The summed E-state index contributed by atoms with van der Waals surface area (Å²) >= 11 is 0. The summed E-state index contributed by atoms with van der Waals surface area (Å²) in [6.45, 7) is 9.92. The van der Waals surface area contributed by atoms with Crippen LogP contribution in [0, 0.1) is 11.3 Å². The Morgan fingerprint density at radius 2 is 2.00 bits per heavy atom. The van der Waals surface area contributed by atoms with Crippen LogP contribution in [0.25, 0.3) is 0 Å². The maximum absolute atomic E-state index is 5.24. The Kier molecular flexibility index (Phi) is 2.16. The Bertz CT molecular complexity index is 192. The third kappa shape index (κ3) is 2.05. The molecule has 1 aliphatic carbocycles. The highest BCUT2D eigenvalue weighted by Gasteiger charge is 2.40. The van der Waals surface area contributed by atoms with Gasteiger partial charge in [-0.25, -0.2) is 0 Å². The molecule has 1 heterocycles. The molecule has 0 radical (unpaired) electrons. The van der Waals surface area contributed by atoms with E-state index in [1.807, 2.05) is 0 Å². The van der Waals surface area contributed by atoms with Crippen molar-refractivity contribution >= 4 is 0 Å². The Hall–Kier alpha value is -0.0800. The summed E-state index contributed by atoms with van der Waals surface area (Å²) < 4.78 is 5.24. The van der Waals surface area contributed by atoms with Gasteiger partial charge in [-0.1, -0.05) is 6.92 Å². The average Bonchev–Trinajstić information content (AvgIpc) is 2.79. The quantitative estimate of drug-likeness (QED) is 0.717. The van der Waals surface area contributed by atoms with Crippen molar-refractivity contribution in [2.45, 2.75) is 39.2 Å². The third-order valence-corrected chi connectivity index (χ3v) is 3.47. The number of rotatable bonds is 4. The van der Waals surface area contributed by atoms with E-state index in [1.54, 1.807) is 0 Å². The van der Waals surface area contributed by atoms with Crippen LogP contribution in [0.4, 0.5) is 0 Å². The summed E-state index contributed by atoms with van der Waals surface area (Å²) in [6.07, 6.45) is 2.82. The minimum atomic E-state index is 0.346. The molecule has 13 heavy (non-hydrogen) atoms. The molecule has 0 amide bonds. The number of hydrogen-bond donors (Lipinski definition) is 1. The second-order valence-electron chi connectivity index (χ2n) is 5.65. The third-order valence-electron chi connectivity index (χ3n) is 3.47. The number of nitrogens with one attached hydrogen (secondary N) is 1. The molecule has 0 atom stereocenters. The van der Waals surface area contributed by atoms with Gasteiger partial charge in [0.1, 0.15) is 0 Å². The van der Waals surface area contributed by atoms with E-state index < -0.39 is 0 Å². The highest BCUT2D eigenvalue weighted by atomic mass is 16.5. The van der Waals surface area contributed by atoms with Crippen LogP contribution in [-0.4, -0.2) is 25.3 Å². The monoisotopic (exact) mass is 183 g/mol. The molecular formula is C11H21NO. The van der Waals surface area contributed by atoms with E-state index in [2.05, 4.69) is 26.1 Å². The lowest BCUT2D eigenvalue weighted by molar-refractivity contribution is -0.102. The van der Waals surface area contributed by atoms with Crippen molar-refractivity contribution in [3.05, 3.63) is 0 Å². The van der Waals surface area contributed by atoms with E-state index in [1.165, 1.54) is 12.8 Å². The van der Waals surface area contributed by atoms with Gasteiger partial charge in [-0.05, 0) is 32.6 Å². The maximum Gasteiger partial charge on any atom is 0.0554 e. The van der Waals surface area contributed by atoms with Gasteiger partial charge in [0.15, 0.2) is 0 Å². The van der Waals surface area contributed by atoms with Crippen molar-refractivity contribution in [3.63, 3.8) is 0 Å². The molecular weight excluding hydrogens is 162 g/mol. The average molecular weight is 183 g/mol. The zero-order chi connectivity index (χ0) is 9.53. The largest absolute Gasteiger partial charge is 0.380 e. The lowest BCUT2D eigenvalue weighted by Gasteiger charge is -2.41. The fraction of sp³-hybridized carbons (Fsp3) is 1.00. The van der Waals surface area contributed by atoms with E-state index in [9.17, 15) is 0 Å². The zero-order valence-corrected chi connectivity index (χ0v) is 9.02. The van der Waals surface area contributed by atoms with Crippen LogP contribution < -0.4 is 5.32 Å². The van der Waals surface area contributed by atoms with Crippen LogP contribution in [-0.2, 0) is 4.74 Å². The normalized spacial score (nSPS) is 27.0. The van der Waals surface area contributed by atoms with Gasteiger partial charge in [0, 0.05) is 17.5 Å². The van der Waals surface area contributed by atoms with Crippen LogP contribution in [0.1, 0.15) is 33.6 Å². The summed E-state index contributed by atoms with van der Waals surface area (Å²) in [4.78, 5) is 0. The van der Waals surface area contributed by atoms with E-state index in [4.69, 9.17) is 4.74 Å². The van der Waals surface area contributed by atoms with Crippen LogP contribution in [0.5, 0.6) is 0 Å². The van der Waals surface area contributed by atoms with Crippen molar-refractivity contribution in [2.75, 3.05) is 19.8 Å². The van der Waals surface area contributed by atoms with Crippen molar-refractivity contribution in [1.82, 2.24) is 5.32 Å². The lowest BCUT2D eigenvalue weighted by Crippen LogP contribution is -2.53. The van der Waals surface area contributed by atoms with Gasteiger partial charge in [0.2, 0.25) is 0 Å². The molecule has 1 saturated heterocycles. The second-order valence-corrected chi connectivity index (χ2v) is 5.65. The first-order valence-corrected chi connectivity index (χ1v) is 5.35. The molecule has 1 saturated carbocycles. The zero-order valence-electron chi connectivity index (χ0n) is 9.02. The maximum atomic E-state index is 5.24. The molecule has 0 unspecified atom stereocenters. The van der Waals surface area contributed by atoms with Gasteiger partial charge in [-0.2, -0.15) is 0 Å². The molecule has 2 rings (SSSR count). The van der Waals surface area contributed by atoms with E-state index in [-0.39, 0.29) is 0 Å². The Labute approximate surface area is 81.0 Å². The van der Waals surface area contributed by atoms with Gasteiger partial charge < -0.3 is 10.1 Å². The molecule has 2 fully saturated rings. The Morgan fingerprint density at radius 3 is 2.38 bits per heavy atom. The van der Waals surface area contributed by atoms with Crippen molar-refractivity contribution < 1.29 is 4.74 Å². The molecule has 0 spiro atoms. The smallest absolute Gasteiger partial charge is 0.0554 e. The summed E-state index contributed by atoms with van der Waals surface area (Å²) in [6, 6.07) is 0. The van der Waals surface area contributed by atoms with Crippen LogP contribution in [0.3, 0.4) is 0 Å². The first kappa shape index (κ1) is 9.47. The molecule has 0 bridgehead atoms. The Morgan fingerprint density at radius 1 is 1.38 bits per heavy atom. The van der Waals surface area contributed by atoms with Gasteiger partial charge in [-0.15, -0.1) is 0 Å². The molecule has 2 aliphatic rings. The summed E-state index contributed by atoms with van der Waals surface area (Å²) in [7, 11) is 0. The predicted octanol–water partition coefficient (Wildman–Crippen LogP) is 1.80. The summed E-state index contributed by atoms with van der Waals surface area (Å²) in [5.74, 6) is 0.914. The first-order valence-electron chi connectivity index (χ1n) is 5.35. The lowest BCUT2D eigenvalue weighted by atomic mass is 9.87. The molecule has 0 aromatic rings. The van der Waals surface area contributed by atoms with E-state index in [0.29, 0.717) is 11.0 Å². The van der Waals surface area contributed by atoms with Crippen LogP contribution in [0.2, 0.25) is 0 Å². The molecule has 1 aliphatic heterocycles. The molecule has 2 heteroatoms. The minimum Gasteiger partial charge on any atom is -0.380 e. The van der Waals surface area contributed by atoms with Crippen molar-refractivity contribution in [2.24, 2.45) is 11.3 Å². The van der Waals surface area contributed by atoms with E-state index >= 15 is 0 Å². The Balaban J connectivity index is 1.77. The minimum absolute atomic E-state index is 0.346. The molecule has 0 aromatic heterocycles. The fourth-order valence-corrected chi connectivity index (χ4v) is 1.94. The van der Waals surface area contributed by atoms with Gasteiger partial charge >= 0.3 is 0 Å². The topological polar surface area (TPSA) is 21.3 Å². The molecule has 76 valence electrons. The van der Waals surface area contributed by atoms with Crippen molar-refractivity contribution in [3.8, 4) is 0 Å². The first-order chi connectivity index (χ1) is 6.02. The summed E-state index contributed by atoms with van der Waals surface area (Å²) in [5, 5.41) is 3.68. The van der Waals surface area contributed by atoms with Crippen LogP contribution >= 0.6 is 0 Å². The van der Waals surface area contributed by atoms with Gasteiger partial charge in [0.05, 0.1) is 13.2 Å².